The number of rotatable bonds is 3. The van der Waals surface area contributed by atoms with Gasteiger partial charge in [0, 0.05) is 13.1 Å². The number of carbonyl (C=O) groups is 2. The molecule has 0 saturated carbocycles. The Morgan fingerprint density at radius 2 is 2.20 bits per heavy atom. The van der Waals surface area contributed by atoms with Crippen LogP contribution in [0.15, 0.2) is 24.4 Å². The Hall–Kier alpha value is -1.91. The molecule has 0 saturated heterocycles. The van der Waals surface area contributed by atoms with Gasteiger partial charge in [0.1, 0.15) is 0 Å². The first-order valence-electron chi connectivity index (χ1n) is 4.41. The van der Waals surface area contributed by atoms with Gasteiger partial charge in [-0.2, -0.15) is 0 Å². The third-order valence-corrected chi connectivity index (χ3v) is 1.77. The number of carbonyl (C=O) groups excluding carboxylic acids is 2. The van der Waals surface area contributed by atoms with Crippen LogP contribution in [-0.4, -0.2) is 24.0 Å². The number of hydrogen-bond acceptors (Lipinski definition) is 4. The van der Waals surface area contributed by atoms with Crippen LogP contribution in [0, 0.1) is 0 Å². The van der Waals surface area contributed by atoms with Gasteiger partial charge >= 0.3 is 5.97 Å². The zero-order valence-corrected chi connectivity index (χ0v) is 8.56. The Bertz CT molecular complexity index is 351. The van der Waals surface area contributed by atoms with Gasteiger partial charge in [-0.25, -0.2) is 4.79 Å². The molecule has 0 spiro atoms. The summed E-state index contributed by atoms with van der Waals surface area (Å²) in [6, 6.07) is 4.28. The van der Waals surface area contributed by atoms with E-state index < -0.39 is 12.0 Å². The van der Waals surface area contributed by atoms with Crippen molar-refractivity contribution in [3.8, 4) is 0 Å². The van der Waals surface area contributed by atoms with E-state index in [2.05, 4.69) is 15.0 Å². The average molecular weight is 208 g/mol. The molecule has 1 amide bonds. The van der Waals surface area contributed by atoms with Gasteiger partial charge in [-0.15, -0.1) is 0 Å². The molecule has 1 N–H and O–H groups in total. The van der Waals surface area contributed by atoms with E-state index in [0.717, 1.165) is 0 Å². The maximum atomic E-state index is 11.4. The predicted octanol–water partition coefficient (Wildman–Crippen LogP) is 0.432. The molecule has 0 aliphatic heterocycles. The third-order valence-electron chi connectivity index (χ3n) is 1.77. The van der Waals surface area contributed by atoms with E-state index >= 15 is 0 Å². The fourth-order valence-corrected chi connectivity index (χ4v) is 1.12. The smallest absolute Gasteiger partial charge is 0.334 e. The summed E-state index contributed by atoms with van der Waals surface area (Å²) in [6.45, 7) is 1.33. The second kappa shape index (κ2) is 5.09. The van der Waals surface area contributed by atoms with Crippen LogP contribution in [0.3, 0.4) is 0 Å². The predicted molar refractivity (Wildman–Crippen MR) is 52.8 cm³/mol. The molecule has 0 bridgehead atoms. The molecule has 1 atom stereocenters. The molecule has 5 heteroatoms. The number of nitrogens with zero attached hydrogens (tertiary/aromatic N) is 1. The standard InChI is InChI=1S/C10H12N2O3/c1-7(13)12-9(10(14)15-2)8-5-3-4-6-11-8/h3-6,9H,1-2H3,(H,12,13). The Balaban J connectivity index is 2.91. The number of amides is 1. The summed E-state index contributed by atoms with van der Waals surface area (Å²) in [5, 5.41) is 2.47. The van der Waals surface area contributed by atoms with Crippen molar-refractivity contribution in [2.75, 3.05) is 7.11 Å². The van der Waals surface area contributed by atoms with E-state index in [1.807, 2.05) is 0 Å². The van der Waals surface area contributed by atoms with Crippen molar-refractivity contribution in [2.24, 2.45) is 0 Å². The number of nitrogens with one attached hydrogen (secondary N) is 1. The molecule has 1 rings (SSSR count). The Kier molecular flexibility index (Phi) is 3.79. The van der Waals surface area contributed by atoms with E-state index in [1.54, 1.807) is 24.4 Å². The Labute approximate surface area is 87.5 Å². The topological polar surface area (TPSA) is 68.3 Å². The summed E-state index contributed by atoms with van der Waals surface area (Å²) >= 11 is 0. The minimum atomic E-state index is -0.839. The maximum absolute atomic E-state index is 11.4. The number of aromatic nitrogens is 1. The second-order valence-corrected chi connectivity index (χ2v) is 2.91. The van der Waals surface area contributed by atoms with Crippen LogP contribution in [0.5, 0.6) is 0 Å². The lowest BCUT2D eigenvalue weighted by Gasteiger charge is -2.14. The number of ether oxygens (including phenoxy) is 1. The van der Waals surface area contributed by atoms with Gasteiger partial charge in [0.2, 0.25) is 5.91 Å². The highest BCUT2D eigenvalue weighted by Gasteiger charge is 2.22. The van der Waals surface area contributed by atoms with Crippen molar-refractivity contribution in [3.05, 3.63) is 30.1 Å². The first-order chi connectivity index (χ1) is 7.15. The van der Waals surface area contributed by atoms with Crippen LogP contribution in [0.4, 0.5) is 0 Å². The minimum absolute atomic E-state index is 0.309. The van der Waals surface area contributed by atoms with E-state index in [0.29, 0.717) is 5.69 Å². The third kappa shape index (κ3) is 3.05. The summed E-state index contributed by atoms with van der Waals surface area (Å²) in [4.78, 5) is 26.3. The van der Waals surface area contributed by atoms with Crippen molar-refractivity contribution in [2.45, 2.75) is 13.0 Å². The summed E-state index contributed by atoms with van der Waals surface area (Å²) in [5.41, 5.74) is 0.458. The molecule has 0 aliphatic carbocycles. The van der Waals surface area contributed by atoms with E-state index in [-0.39, 0.29) is 5.91 Å². The first-order valence-corrected chi connectivity index (χ1v) is 4.41. The number of hydrogen-bond donors (Lipinski definition) is 1. The molecule has 1 heterocycles. The van der Waals surface area contributed by atoms with Crippen LogP contribution in [0.2, 0.25) is 0 Å². The number of pyridine rings is 1. The van der Waals surface area contributed by atoms with Gasteiger partial charge in [-0.1, -0.05) is 6.07 Å². The molecule has 1 aromatic rings. The van der Waals surface area contributed by atoms with Gasteiger partial charge in [0.05, 0.1) is 12.8 Å². The lowest BCUT2D eigenvalue weighted by atomic mass is 10.2. The second-order valence-electron chi connectivity index (χ2n) is 2.91. The van der Waals surface area contributed by atoms with E-state index in [4.69, 9.17) is 0 Å². The van der Waals surface area contributed by atoms with E-state index in [1.165, 1.54) is 14.0 Å². The summed E-state index contributed by atoms with van der Waals surface area (Å²) < 4.78 is 4.57. The number of methoxy groups -OCH3 is 1. The highest BCUT2D eigenvalue weighted by molar-refractivity contribution is 5.83. The average Bonchev–Trinajstić information content (AvgIpc) is 2.26. The molecule has 80 valence electrons. The monoisotopic (exact) mass is 208 g/mol. The van der Waals surface area contributed by atoms with E-state index in [9.17, 15) is 9.59 Å². The summed E-state index contributed by atoms with van der Waals surface area (Å²) in [5.74, 6) is -0.847. The van der Waals surface area contributed by atoms with Crippen molar-refractivity contribution >= 4 is 11.9 Å². The van der Waals surface area contributed by atoms with Crippen molar-refractivity contribution in [1.82, 2.24) is 10.3 Å². The van der Waals surface area contributed by atoms with Crippen molar-refractivity contribution < 1.29 is 14.3 Å². The fraction of sp³-hybridized carbons (Fsp3) is 0.300. The first kappa shape index (κ1) is 11.2. The van der Waals surface area contributed by atoms with Gasteiger partial charge in [-0.05, 0) is 12.1 Å². The minimum Gasteiger partial charge on any atom is -0.467 e. The Morgan fingerprint density at radius 3 is 2.67 bits per heavy atom. The van der Waals surface area contributed by atoms with Crippen molar-refractivity contribution in [3.63, 3.8) is 0 Å². The van der Waals surface area contributed by atoms with Gasteiger partial charge in [0.25, 0.3) is 0 Å². The summed E-state index contributed by atoms with van der Waals surface area (Å²) in [6.07, 6.45) is 1.55. The highest BCUT2D eigenvalue weighted by atomic mass is 16.5. The van der Waals surface area contributed by atoms with Gasteiger partial charge in [0.15, 0.2) is 6.04 Å². The van der Waals surface area contributed by atoms with Crippen LogP contribution >= 0.6 is 0 Å². The molecular weight excluding hydrogens is 196 g/mol. The molecule has 0 aromatic carbocycles. The molecule has 0 fully saturated rings. The highest BCUT2D eigenvalue weighted by Crippen LogP contribution is 2.10. The van der Waals surface area contributed by atoms with Gasteiger partial charge in [-0.3, -0.25) is 9.78 Å². The van der Waals surface area contributed by atoms with Gasteiger partial charge < -0.3 is 10.1 Å². The normalized spacial score (nSPS) is 11.6. The lowest BCUT2D eigenvalue weighted by Crippen LogP contribution is -2.33. The Morgan fingerprint density at radius 1 is 1.47 bits per heavy atom. The van der Waals surface area contributed by atoms with Crippen LogP contribution < -0.4 is 5.32 Å². The maximum Gasteiger partial charge on any atom is 0.334 e. The van der Waals surface area contributed by atoms with Crippen molar-refractivity contribution in [1.29, 1.82) is 0 Å². The number of esters is 1. The molecule has 0 radical (unpaired) electrons. The molecule has 5 nitrogen and oxygen atoms in total. The lowest BCUT2D eigenvalue weighted by molar-refractivity contribution is -0.145. The quantitative estimate of drug-likeness (QED) is 0.731. The summed E-state index contributed by atoms with van der Waals surface area (Å²) in [7, 11) is 1.26. The zero-order chi connectivity index (χ0) is 11.3. The molecule has 15 heavy (non-hydrogen) atoms. The SMILES string of the molecule is COC(=O)C(NC(C)=O)c1ccccn1. The van der Waals surface area contributed by atoms with Crippen LogP contribution in [0.25, 0.3) is 0 Å². The molecule has 0 aliphatic rings. The molecule has 1 unspecified atom stereocenters. The molecule has 1 aromatic heterocycles. The zero-order valence-electron chi connectivity index (χ0n) is 8.56. The fourth-order valence-electron chi connectivity index (χ4n) is 1.12. The molecular formula is C10H12N2O3. The van der Waals surface area contributed by atoms with Crippen LogP contribution in [-0.2, 0) is 14.3 Å². The largest absolute Gasteiger partial charge is 0.467 e. The van der Waals surface area contributed by atoms with Crippen LogP contribution in [0.1, 0.15) is 18.7 Å².